The number of nitrogens with one attached hydrogen (secondary N) is 1. The van der Waals surface area contributed by atoms with Crippen molar-refractivity contribution in [1.82, 2.24) is 4.90 Å². The van der Waals surface area contributed by atoms with Crippen LogP contribution < -0.4 is 4.72 Å². The van der Waals surface area contributed by atoms with Gasteiger partial charge in [0.1, 0.15) is 5.70 Å². The van der Waals surface area contributed by atoms with Gasteiger partial charge in [0.05, 0.1) is 13.2 Å². The number of ketones is 2. The Kier molecular flexibility index (Phi) is 4.74. The van der Waals surface area contributed by atoms with Gasteiger partial charge in [-0.3, -0.25) is 14.3 Å². The first-order chi connectivity index (χ1) is 13.5. The lowest BCUT2D eigenvalue weighted by molar-refractivity contribution is 0.0499. The number of hydrogen-bond acceptors (Lipinski definition) is 6. The number of allylic oxidation sites excluding steroid dienone is 2. The molecule has 2 aromatic carbocycles. The monoisotopic (exact) mass is 398 g/mol. The van der Waals surface area contributed by atoms with E-state index in [9.17, 15) is 18.0 Å². The summed E-state index contributed by atoms with van der Waals surface area (Å²) in [6.45, 7) is 1.37. The van der Waals surface area contributed by atoms with Gasteiger partial charge in [-0.2, -0.15) is 0 Å². The maximum absolute atomic E-state index is 13.2. The SMILES string of the molecule is O=C1C(N2CCOCC2)=C(S(=O)(=O)Nc2ccccc2)C(=O)c2ccccc21. The van der Waals surface area contributed by atoms with E-state index in [1.54, 1.807) is 53.4 Å². The van der Waals surface area contributed by atoms with Gasteiger partial charge in [0.2, 0.25) is 11.6 Å². The molecular formula is C20H18N2O5S. The molecule has 0 atom stereocenters. The summed E-state index contributed by atoms with van der Waals surface area (Å²) >= 11 is 0. The summed E-state index contributed by atoms with van der Waals surface area (Å²) < 4.78 is 34.1. The first-order valence-electron chi connectivity index (χ1n) is 8.82. The quantitative estimate of drug-likeness (QED) is 0.847. The van der Waals surface area contributed by atoms with Crippen LogP contribution in [0.3, 0.4) is 0 Å². The molecule has 7 nitrogen and oxygen atoms in total. The van der Waals surface area contributed by atoms with Crippen molar-refractivity contribution >= 4 is 27.3 Å². The summed E-state index contributed by atoms with van der Waals surface area (Å²) in [6, 6.07) is 14.6. The highest BCUT2D eigenvalue weighted by Gasteiger charge is 2.41. The Labute approximate surface area is 162 Å². The predicted molar refractivity (Wildman–Crippen MR) is 104 cm³/mol. The van der Waals surface area contributed by atoms with Gasteiger partial charge in [-0.25, -0.2) is 8.42 Å². The molecule has 0 saturated carbocycles. The molecule has 1 aliphatic carbocycles. The Hall–Kier alpha value is -2.97. The standard InChI is InChI=1S/C20H18N2O5S/c23-18-15-8-4-5-9-16(15)19(24)20(17(18)22-10-12-27-13-11-22)28(25,26)21-14-6-2-1-3-7-14/h1-9,21H,10-13H2. The van der Waals surface area contributed by atoms with Crippen LogP contribution in [0, 0.1) is 0 Å². The molecule has 4 rings (SSSR count). The summed E-state index contributed by atoms with van der Waals surface area (Å²) in [6.07, 6.45) is 0. The molecule has 2 aromatic rings. The first-order valence-corrected chi connectivity index (χ1v) is 10.3. The van der Waals surface area contributed by atoms with Gasteiger partial charge in [-0.1, -0.05) is 42.5 Å². The summed E-state index contributed by atoms with van der Waals surface area (Å²) in [5, 5.41) is 0. The molecule has 0 unspecified atom stereocenters. The largest absolute Gasteiger partial charge is 0.378 e. The van der Waals surface area contributed by atoms with E-state index in [4.69, 9.17) is 4.74 Å². The zero-order chi connectivity index (χ0) is 19.7. The van der Waals surface area contributed by atoms with E-state index in [-0.39, 0.29) is 16.8 Å². The van der Waals surface area contributed by atoms with E-state index in [0.717, 1.165) is 0 Å². The van der Waals surface area contributed by atoms with Crippen LogP contribution in [-0.4, -0.2) is 51.2 Å². The van der Waals surface area contributed by atoms with Crippen LogP contribution in [0.2, 0.25) is 0 Å². The van der Waals surface area contributed by atoms with Crippen molar-refractivity contribution in [3.63, 3.8) is 0 Å². The summed E-state index contributed by atoms with van der Waals surface area (Å²) in [4.78, 5) is 27.5. The maximum atomic E-state index is 13.2. The van der Waals surface area contributed by atoms with Crippen molar-refractivity contribution in [2.24, 2.45) is 0 Å². The van der Waals surface area contributed by atoms with E-state index in [1.165, 1.54) is 6.07 Å². The number of benzene rings is 2. The minimum atomic E-state index is -4.28. The Morgan fingerprint density at radius 2 is 1.39 bits per heavy atom. The molecular weight excluding hydrogens is 380 g/mol. The number of sulfonamides is 1. The summed E-state index contributed by atoms with van der Waals surface area (Å²) in [5.74, 6) is -1.15. The molecule has 8 heteroatoms. The van der Waals surface area contributed by atoms with E-state index in [2.05, 4.69) is 4.72 Å². The fraction of sp³-hybridized carbons (Fsp3) is 0.200. The number of fused-ring (bicyclic) bond motifs is 1. The molecule has 1 saturated heterocycles. The fourth-order valence-electron chi connectivity index (χ4n) is 3.38. The number of rotatable bonds is 4. The molecule has 1 fully saturated rings. The second-order valence-corrected chi connectivity index (χ2v) is 8.07. The number of Topliss-reactive ketones (excluding diaryl/α,β-unsaturated/α-hetero) is 2. The summed E-state index contributed by atoms with van der Waals surface area (Å²) in [7, 11) is -4.28. The number of para-hydroxylation sites is 1. The normalized spacial score (nSPS) is 17.5. The maximum Gasteiger partial charge on any atom is 0.268 e. The molecule has 1 heterocycles. The van der Waals surface area contributed by atoms with E-state index >= 15 is 0 Å². The molecule has 0 spiro atoms. The average molecular weight is 398 g/mol. The van der Waals surface area contributed by atoms with Crippen LogP contribution in [-0.2, 0) is 14.8 Å². The van der Waals surface area contributed by atoms with E-state index < -0.39 is 26.5 Å². The van der Waals surface area contributed by atoms with Crippen LogP contribution in [0.15, 0.2) is 65.2 Å². The number of hydrogen-bond donors (Lipinski definition) is 1. The van der Waals surface area contributed by atoms with Gasteiger partial charge in [0, 0.05) is 29.9 Å². The highest BCUT2D eigenvalue weighted by molar-refractivity contribution is 7.97. The first kappa shape index (κ1) is 18.4. The van der Waals surface area contributed by atoms with Crippen LogP contribution in [0.25, 0.3) is 0 Å². The van der Waals surface area contributed by atoms with Crippen LogP contribution >= 0.6 is 0 Å². The topological polar surface area (TPSA) is 92.8 Å². The fourth-order valence-corrected chi connectivity index (χ4v) is 4.75. The van der Waals surface area contributed by atoms with Gasteiger partial charge in [-0.15, -0.1) is 0 Å². The molecule has 0 bridgehead atoms. The highest BCUT2D eigenvalue weighted by atomic mass is 32.2. The number of carbonyl (C=O) groups is 2. The third-order valence-corrected chi connectivity index (χ3v) is 6.10. The van der Waals surface area contributed by atoms with Crippen LogP contribution in [0.5, 0.6) is 0 Å². The molecule has 2 aliphatic rings. The van der Waals surface area contributed by atoms with Crippen molar-refractivity contribution in [1.29, 1.82) is 0 Å². The van der Waals surface area contributed by atoms with Gasteiger partial charge >= 0.3 is 0 Å². The Bertz CT molecular complexity index is 1070. The zero-order valence-electron chi connectivity index (χ0n) is 14.9. The third kappa shape index (κ3) is 3.21. The average Bonchev–Trinajstić information content (AvgIpc) is 2.71. The van der Waals surface area contributed by atoms with E-state index in [0.29, 0.717) is 32.0 Å². The lowest BCUT2D eigenvalue weighted by atomic mass is 9.91. The van der Waals surface area contributed by atoms with Crippen molar-refractivity contribution in [2.45, 2.75) is 0 Å². The highest BCUT2D eigenvalue weighted by Crippen LogP contribution is 2.32. The Balaban J connectivity index is 1.88. The lowest BCUT2D eigenvalue weighted by Crippen LogP contribution is -2.43. The van der Waals surface area contributed by atoms with Gasteiger partial charge < -0.3 is 9.64 Å². The molecule has 0 radical (unpaired) electrons. The van der Waals surface area contributed by atoms with Crippen molar-refractivity contribution in [2.75, 3.05) is 31.0 Å². The van der Waals surface area contributed by atoms with Gasteiger partial charge in [-0.05, 0) is 12.1 Å². The second-order valence-electron chi connectivity index (χ2n) is 6.45. The zero-order valence-corrected chi connectivity index (χ0v) is 15.7. The smallest absolute Gasteiger partial charge is 0.268 e. The van der Waals surface area contributed by atoms with Crippen LogP contribution in [0.4, 0.5) is 5.69 Å². The second kappa shape index (κ2) is 7.21. The minimum Gasteiger partial charge on any atom is -0.378 e. The Morgan fingerprint density at radius 1 is 0.821 bits per heavy atom. The minimum absolute atomic E-state index is 0.0876. The van der Waals surface area contributed by atoms with Crippen molar-refractivity contribution < 1.29 is 22.7 Å². The predicted octanol–water partition coefficient (Wildman–Crippen LogP) is 2.05. The van der Waals surface area contributed by atoms with Gasteiger partial charge in [0.15, 0.2) is 4.91 Å². The van der Waals surface area contributed by atoms with Crippen molar-refractivity contribution in [3.8, 4) is 0 Å². The third-order valence-electron chi connectivity index (χ3n) is 4.67. The molecule has 0 aromatic heterocycles. The molecule has 144 valence electrons. The number of ether oxygens (including phenoxy) is 1. The Morgan fingerprint density at radius 3 is 2.04 bits per heavy atom. The number of carbonyl (C=O) groups excluding carboxylic acids is 2. The summed E-state index contributed by atoms with van der Waals surface area (Å²) in [5.41, 5.74) is 0.538. The lowest BCUT2D eigenvalue weighted by Gasteiger charge is -2.33. The molecule has 1 N–H and O–H groups in total. The van der Waals surface area contributed by atoms with Gasteiger partial charge in [0.25, 0.3) is 10.0 Å². The number of nitrogens with zero attached hydrogens (tertiary/aromatic N) is 1. The van der Waals surface area contributed by atoms with Crippen LogP contribution in [0.1, 0.15) is 20.7 Å². The van der Waals surface area contributed by atoms with Crippen molar-refractivity contribution in [3.05, 3.63) is 76.3 Å². The van der Waals surface area contributed by atoms with E-state index in [1.807, 2.05) is 0 Å². The number of anilines is 1. The number of morpholine rings is 1. The molecule has 28 heavy (non-hydrogen) atoms. The molecule has 1 aliphatic heterocycles. The molecule has 0 amide bonds.